The summed E-state index contributed by atoms with van der Waals surface area (Å²) in [6.07, 6.45) is -12.5. The fourth-order valence-corrected chi connectivity index (χ4v) is 2.65. The molecule has 23 heavy (non-hydrogen) atoms. The molecule has 0 bridgehead atoms. The van der Waals surface area contributed by atoms with Gasteiger partial charge in [-0.15, -0.1) is 0 Å². The summed E-state index contributed by atoms with van der Waals surface area (Å²) < 4.78 is 10.5. The number of hydrogen-bond donors (Lipinski definition) is 8. The van der Waals surface area contributed by atoms with Gasteiger partial charge in [0.05, 0.1) is 13.2 Å². The van der Waals surface area contributed by atoms with E-state index in [9.17, 15) is 35.7 Å². The van der Waals surface area contributed by atoms with Gasteiger partial charge in [0, 0.05) is 0 Å². The van der Waals surface area contributed by atoms with E-state index in [0.717, 1.165) is 6.08 Å². The Balaban J connectivity index is 2.17. The predicted octanol–water partition coefficient (Wildman–Crippen LogP) is -4.81. The molecule has 0 aromatic rings. The van der Waals surface area contributed by atoms with Crippen molar-refractivity contribution in [1.29, 1.82) is 0 Å². The van der Waals surface area contributed by atoms with Crippen LogP contribution in [0.15, 0.2) is 11.6 Å². The van der Waals surface area contributed by atoms with Crippen molar-refractivity contribution in [3.05, 3.63) is 11.6 Å². The molecule has 1 saturated heterocycles. The molecule has 134 valence electrons. The zero-order valence-corrected chi connectivity index (χ0v) is 12.1. The van der Waals surface area contributed by atoms with Crippen molar-refractivity contribution in [3.63, 3.8) is 0 Å². The molecule has 1 aliphatic carbocycles. The lowest BCUT2D eigenvalue weighted by atomic mass is 9.89. The van der Waals surface area contributed by atoms with Crippen molar-refractivity contribution in [1.82, 2.24) is 0 Å². The lowest BCUT2D eigenvalue weighted by Crippen LogP contribution is -2.61. The van der Waals surface area contributed by atoms with Crippen LogP contribution in [0.2, 0.25) is 0 Å². The molecule has 0 spiro atoms. The molecule has 1 unspecified atom stereocenters. The topological polar surface area (TPSA) is 180 Å². The molecule has 0 aromatic heterocycles. The molecular weight excluding hydrogens is 316 g/mol. The SMILES string of the molecule is OCC1=C[C@H](O)[C@H](O)[C@@H](O)C1O[C@H]1O[C@H](CO)[C@@H](O)[C@H](O)[C@H]1O. The van der Waals surface area contributed by atoms with E-state index in [-0.39, 0.29) is 5.57 Å². The first kappa shape index (κ1) is 18.7. The zero-order chi connectivity index (χ0) is 17.3. The van der Waals surface area contributed by atoms with E-state index in [4.69, 9.17) is 14.6 Å². The van der Waals surface area contributed by atoms with Crippen molar-refractivity contribution in [2.45, 2.75) is 55.1 Å². The van der Waals surface area contributed by atoms with Crippen molar-refractivity contribution in [3.8, 4) is 0 Å². The number of aliphatic hydroxyl groups excluding tert-OH is 8. The van der Waals surface area contributed by atoms with Crippen molar-refractivity contribution in [2.75, 3.05) is 13.2 Å². The van der Waals surface area contributed by atoms with Gasteiger partial charge in [0.25, 0.3) is 0 Å². The summed E-state index contributed by atoms with van der Waals surface area (Å²) in [5.74, 6) is 0. The molecule has 1 heterocycles. The normalized spacial score (nSPS) is 48.2. The average Bonchev–Trinajstić information content (AvgIpc) is 2.55. The number of hydrogen-bond acceptors (Lipinski definition) is 10. The summed E-state index contributed by atoms with van der Waals surface area (Å²) in [6.45, 7) is -1.25. The highest BCUT2D eigenvalue weighted by Gasteiger charge is 2.47. The maximum absolute atomic E-state index is 9.98. The van der Waals surface area contributed by atoms with Gasteiger partial charge in [0.15, 0.2) is 6.29 Å². The standard InChI is InChI=1S/C13H22O10/c14-2-4-1-5(16)7(17)10(20)12(4)23-13-11(21)9(19)8(18)6(3-15)22-13/h1,5-21H,2-3H2/t5-,6+,7-,8+,9-,10+,11+,12?,13+/m0/s1. The lowest BCUT2D eigenvalue weighted by Gasteiger charge is -2.43. The van der Waals surface area contributed by atoms with Crippen LogP contribution in [0, 0.1) is 0 Å². The van der Waals surface area contributed by atoms with E-state index < -0.39 is 68.3 Å². The Labute approximate surface area is 131 Å². The highest BCUT2D eigenvalue weighted by molar-refractivity contribution is 5.20. The van der Waals surface area contributed by atoms with Gasteiger partial charge in [-0.3, -0.25) is 0 Å². The lowest BCUT2D eigenvalue weighted by molar-refractivity contribution is -0.317. The minimum Gasteiger partial charge on any atom is -0.394 e. The monoisotopic (exact) mass is 338 g/mol. The van der Waals surface area contributed by atoms with Crippen LogP contribution in [0.1, 0.15) is 0 Å². The molecule has 0 amide bonds. The van der Waals surface area contributed by atoms with Gasteiger partial charge in [-0.2, -0.15) is 0 Å². The van der Waals surface area contributed by atoms with Crippen molar-refractivity contribution >= 4 is 0 Å². The Morgan fingerprint density at radius 1 is 0.870 bits per heavy atom. The molecule has 2 rings (SSSR count). The first-order valence-electron chi connectivity index (χ1n) is 7.13. The zero-order valence-electron chi connectivity index (χ0n) is 12.1. The number of ether oxygens (including phenoxy) is 2. The first-order chi connectivity index (χ1) is 10.8. The molecule has 1 fully saturated rings. The van der Waals surface area contributed by atoms with Gasteiger partial charge in [-0.05, 0) is 11.6 Å². The number of rotatable bonds is 4. The summed E-state index contributed by atoms with van der Waals surface area (Å²) in [6, 6.07) is 0. The highest BCUT2D eigenvalue weighted by Crippen LogP contribution is 2.28. The number of aliphatic hydroxyl groups is 8. The van der Waals surface area contributed by atoms with Crippen LogP contribution in [0.5, 0.6) is 0 Å². The van der Waals surface area contributed by atoms with E-state index in [1.54, 1.807) is 0 Å². The third-order valence-electron chi connectivity index (χ3n) is 4.07. The van der Waals surface area contributed by atoms with Crippen molar-refractivity contribution in [2.24, 2.45) is 0 Å². The third-order valence-corrected chi connectivity index (χ3v) is 4.07. The van der Waals surface area contributed by atoms with E-state index >= 15 is 0 Å². The Morgan fingerprint density at radius 3 is 2.09 bits per heavy atom. The van der Waals surface area contributed by atoms with Gasteiger partial charge in [-0.1, -0.05) is 0 Å². The van der Waals surface area contributed by atoms with Gasteiger partial charge in [0.1, 0.15) is 48.8 Å². The van der Waals surface area contributed by atoms with Crippen LogP contribution in [0.4, 0.5) is 0 Å². The van der Waals surface area contributed by atoms with Crippen LogP contribution in [-0.2, 0) is 9.47 Å². The molecule has 0 radical (unpaired) electrons. The van der Waals surface area contributed by atoms with Crippen molar-refractivity contribution < 1.29 is 50.3 Å². The summed E-state index contributed by atoms with van der Waals surface area (Å²) in [4.78, 5) is 0. The maximum atomic E-state index is 9.98. The molecule has 10 nitrogen and oxygen atoms in total. The second-order valence-corrected chi connectivity index (χ2v) is 5.63. The second-order valence-electron chi connectivity index (χ2n) is 5.63. The quantitative estimate of drug-likeness (QED) is 0.232. The van der Waals surface area contributed by atoms with Gasteiger partial charge >= 0.3 is 0 Å². The Morgan fingerprint density at radius 2 is 1.52 bits per heavy atom. The maximum Gasteiger partial charge on any atom is 0.187 e. The average molecular weight is 338 g/mol. The smallest absolute Gasteiger partial charge is 0.187 e. The van der Waals surface area contributed by atoms with E-state index in [1.165, 1.54) is 0 Å². The summed E-state index contributed by atoms with van der Waals surface area (Å²) in [5, 5.41) is 76.9. The third kappa shape index (κ3) is 3.56. The second kappa shape index (κ2) is 7.49. The minimum absolute atomic E-state index is 0.0484. The summed E-state index contributed by atoms with van der Waals surface area (Å²) >= 11 is 0. The molecule has 10 heteroatoms. The molecular formula is C13H22O10. The molecule has 8 N–H and O–H groups in total. The van der Waals surface area contributed by atoms with E-state index in [2.05, 4.69) is 0 Å². The van der Waals surface area contributed by atoms with E-state index in [0.29, 0.717) is 0 Å². The molecule has 2 aliphatic rings. The minimum atomic E-state index is -1.69. The Hall–Kier alpha value is -0.660. The molecule has 9 atom stereocenters. The van der Waals surface area contributed by atoms with Crippen LogP contribution in [0.25, 0.3) is 0 Å². The Bertz CT molecular complexity index is 427. The largest absolute Gasteiger partial charge is 0.394 e. The Kier molecular flexibility index (Phi) is 6.08. The summed E-state index contributed by atoms with van der Waals surface area (Å²) in [7, 11) is 0. The predicted molar refractivity (Wildman–Crippen MR) is 71.8 cm³/mol. The molecule has 0 aromatic carbocycles. The fraction of sp³-hybridized carbons (Fsp3) is 0.846. The highest BCUT2D eigenvalue weighted by atomic mass is 16.7. The molecule has 0 saturated carbocycles. The molecule has 1 aliphatic heterocycles. The van der Waals surface area contributed by atoms with Gasteiger partial charge in [0.2, 0.25) is 0 Å². The van der Waals surface area contributed by atoms with Gasteiger partial charge in [-0.25, -0.2) is 0 Å². The van der Waals surface area contributed by atoms with Gasteiger partial charge < -0.3 is 50.3 Å². The van der Waals surface area contributed by atoms with Crippen LogP contribution < -0.4 is 0 Å². The summed E-state index contributed by atoms with van der Waals surface area (Å²) in [5.41, 5.74) is 0.0484. The van der Waals surface area contributed by atoms with Crippen LogP contribution >= 0.6 is 0 Å². The van der Waals surface area contributed by atoms with Crippen LogP contribution in [0.3, 0.4) is 0 Å². The first-order valence-corrected chi connectivity index (χ1v) is 7.13. The van der Waals surface area contributed by atoms with Crippen LogP contribution in [-0.4, -0.2) is 109 Å². The van der Waals surface area contributed by atoms with E-state index in [1.807, 2.05) is 0 Å². The fourth-order valence-electron chi connectivity index (χ4n) is 2.65.